The Morgan fingerprint density at radius 3 is 2.50 bits per heavy atom. The van der Waals surface area contributed by atoms with E-state index in [-0.39, 0.29) is 5.91 Å². The summed E-state index contributed by atoms with van der Waals surface area (Å²) in [6.45, 7) is 6.67. The van der Waals surface area contributed by atoms with E-state index in [0.717, 1.165) is 23.8 Å². The monoisotopic (exact) mass is 303 g/mol. The van der Waals surface area contributed by atoms with E-state index >= 15 is 0 Å². The second-order valence-corrected chi connectivity index (χ2v) is 7.39. The average Bonchev–Trinajstić information content (AvgIpc) is 2.46. The van der Waals surface area contributed by atoms with Crippen molar-refractivity contribution in [3.8, 4) is 0 Å². The van der Waals surface area contributed by atoms with E-state index in [2.05, 4.69) is 10.6 Å². The van der Waals surface area contributed by atoms with E-state index < -0.39 is 5.41 Å². The smallest absolute Gasteiger partial charge is 0.229 e. The van der Waals surface area contributed by atoms with Crippen molar-refractivity contribution in [1.82, 2.24) is 0 Å². The lowest BCUT2D eigenvalue weighted by molar-refractivity contribution is -0.123. The minimum Gasteiger partial charge on any atom is -0.397 e. The molecule has 4 heteroatoms. The number of nitrogens with two attached hydrogens (primary N) is 1. The molecule has 1 aromatic rings. The van der Waals surface area contributed by atoms with Gasteiger partial charge in [0.25, 0.3) is 0 Å². The maximum Gasteiger partial charge on any atom is 0.229 e. The van der Waals surface area contributed by atoms with Gasteiger partial charge in [-0.3, -0.25) is 4.79 Å². The Labute approximate surface area is 133 Å². The highest BCUT2D eigenvalue weighted by Gasteiger charge is 2.21. The van der Waals surface area contributed by atoms with E-state index in [4.69, 9.17) is 5.73 Å². The summed E-state index contributed by atoms with van der Waals surface area (Å²) in [5, 5.41) is 6.36. The van der Waals surface area contributed by atoms with Crippen molar-refractivity contribution < 1.29 is 4.79 Å². The maximum atomic E-state index is 12.0. The lowest BCUT2D eigenvalue weighted by atomic mass is 9.89. The molecule has 0 unspecified atom stereocenters. The van der Waals surface area contributed by atoms with Gasteiger partial charge in [0.2, 0.25) is 5.91 Å². The van der Waals surface area contributed by atoms with E-state index in [0.29, 0.717) is 5.69 Å². The van der Waals surface area contributed by atoms with Crippen LogP contribution in [0.25, 0.3) is 0 Å². The van der Waals surface area contributed by atoms with Gasteiger partial charge >= 0.3 is 0 Å². The first kappa shape index (κ1) is 16.7. The Hall–Kier alpha value is -1.71. The largest absolute Gasteiger partial charge is 0.397 e. The summed E-state index contributed by atoms with van der Waals surface area (Å²) >= 11 is 0. The van der Waals surface area contributed by atoms with Crippen molar-refractivity contribution in [2.75, 3.05) is 22.9 Å². The summed E-state index contributed by atoms with van der Waals surface area (Å²) < 4.78 is 0. The third-order valence-corrected chi connectivity index (χ3v) is 4.30. The summed E-state index contributed by atoms with van der Waals surface area (Å²) in [6, 6.07) is 5.69. The number of nitrogens with one attached hydrogen (secondary N) is 2. The molecule has 1 aliphatic rings. The molecule has 0 atom stereocenters. The summed E-state index contributed by atoms with van der Waals surface area (Å²) in [7, 11) is 0. The molecule has 22 heavy (non-hydrogen) atoms. The molecule has 0 bridgehead atoms. The van der Waals surface area contributed by atoms with Gasteiger partial charge in [-0.1, -0.05) is 40.0 Å². The fraction of sp³-hybridized carbons (Fsp3) is 0.611. The van der Waals surface area contributed by atoms with Crippen LogP contribution in [0.4, 0.5) is 17.1 Å². The molecule has 0 aromatic heterocycles. The van der Waals surface area contributed by atoms with Gasteiger partial charge in [0, 0.05) is 17.6 Å². The lowest BCUT2D eigenvalue weighted by Crippen LogP contribution is -2.27. The first-order valence-corrected chi connectivity index (χ1v) is 8.31. The van der Waals surface area contributed by atoms with Crippen LogP contribution in [0.15, 0.2) is 18.2 Å². The number of hydrogen-bond donors (Lipinski definition) is 3. The average molecular weight is 303 g/mol. The quantitative estimate of drug-likeness (QED) is 0.729. The Kier molecular flexibility index (Phi) is 5.33. The lowest BCUT2D eigenvalue weighted by Gasteiger charge is -2.23. The first-order chi connectivity index (χ1) is 10.4. The molecule has 0 saturated heterocycles. The van der Waals surface area contributed by atoms with E-state index in [1.165, 1.54) is 32.1 Å². The Balaban J connectivity index is 1.93. The first-order valence-electron chi connectivity index (χ1n) is 8.31. The minimum atomic E-state index is -0.410. The van der Waals surface area contributed by atoms with Crippen molar-refractivity contribution in [1.29, 1.82) is 0 Å². The highest BCUT2D eigenvalue weighted by Crippen LogP contribution is 2.27. The maximum absolute atomic E-state index is 12.0. The number of nitrogen functional groups attached to an aromatic ring is 1. The molecule has 1 aromatic carbocycles. The number of carbonyl (C=O) groups is 1. The van der Waals surface area contributed by atoms with Gasteiger partial charge in [-0.25, -0.2) is 0 Å². The van der Waals surface area contributed by atoms with Crippen LogP contribution in [0.2, 0.25) is 0 Å². The molecule has 1 saturated carbocycles. The van der Waals surface area contributed by atoms with Crippen molar-refractivity contribution >= 4 is 23.0 Å². The van der Waals surface area contributed by atoms with Gasteiger partial charge in [0.1, 0.15) is 0 Å². The second-order valence-electron chi connectivity index (χ2n) is 7.39. The van der Waals surface area contributed by atoms with E-state index in [9.17, 15) is 4.79 Å². The van der Waals surface area contributed by atoms with Crippen LogP contribution in [-0.4, -0.2) is 12.5 Å². The number of anilines is 3. The Morgan fingerprint density at radius 2 is 1.91 bits per heavy atom. The van der Waals surface area contributed by atoms with Gasteiger partial charge in [-0.2, -0.15) is 0 Å². The number of carbonyl (C=O) groups excluding carboxylic acids is 1. The van der Waals surface area contributed by atoms with Crippen molar-refractivity contribution in [2.24, 2.45) is 11.3 Å². The predicted molar refractivity (Wildman–Crippen MR) is 94.0 cm³/mol. The fourth-order valence-electron chi connectivity index (χ4n) is 2.77. The molecule has 0 radical (unpaired) electrons. The Bertz CT molecular complexity index is 514. The van der Waals surface area contributed by atoms with Crippen LogP contribution in [0.5, 0.6) is 0 Å². The summed E-state index contributed by atoms with van der Waals surface area (Å²) in [5.74, 6) is 0.753. The molecule has 2 rings (SSSR count). The van der Waals surface area contributed by atoms with Gasteiger partial charge in [-0.15, -0.1) is 0 Å². The molecule has 1 amide bonds. The van der Waals surface area contributed by atoms with Crippen molar-refractivity contribution in [3.63, 3.8) is 0 Å². The zero-order chi connectivity index (χ0) is 16.2. The summed E-state index contributed by atoms with van der Waals surface area (Å²) in [6.07, 6.45) is 6.69. The molecule has 1 fully saturated rings. The predicted octanol–water partition coefficient (Wildman–Crippen LogP) is 4.25. The molecular formula is C18H29N3O. The third kappa shape index (κ3) is 4.65. The molecule has 0 heterocycles. The minimum absolute atomic E-state index is 0.00480. The molecular weight excluding hydrogens is 274 g/mol. The third-order valence-electron chi connectivity index (χ3n) is 4.30. The molecule has 4 N–H and O–H groups in total. The molecule has 4 nitrogen and oxygen atoms in total. The topological polar surface area (TPSA) is 67.2 Å². The van der Waals surface area contributed by atoms with Crippen LogP contribution < -0.4 is 16.4 Å². The standard InChI is InChI=1S/C18H29N3O/c1-18(2,3)17(22)21-14-9-10-16(15(19)11-14)20-12-13-7-5-4-6-8-13/h9-11,13,20H,4-8,12,19H2,1-3H3,(H,21,22). The van der Waals surface area contributed by atoms with Crippen LogP contribution in [0.1, 0.15) is 52.9 Å². The number of amides is 1. The van der Waals surface area contributed by atoms with Gasteiger partial charge in [0.05, 0.1) is 11.4 Å². The fourth-order valence-corrected chi connectivity index (χ4v) is 2.77. The summed E-state index contributed by atoms with van der Waals surface area (Å²) in [4.78, 5) is 12.0. The Morgan fingerprint density at radius 1 is 1.23 bits per heavy atom. The van der Waals surface area contributed by atoms with Gasteiger partial charge < -0.3 is 16.4 Å². The van der Waals surface area contributed by atoms with Crippen LogP contribution in [0, 0.1) is 11.3 Å². The van der Waals surface area contributed by atoms with E-state index in [1.54, 1.807) is 0 Å². The number of hydrogen-bond acceptors (Lipinski definition) is 3. The van der Waals surface area contributed by atoms with Crippen LogP contribution in [-0.2, 0) is 4.79 Å². The van der Waals surface area contributed by atoms with Gasteiger partial charge in [-0.05, 0) is 37.0 Å². The van der Waals surface area contributed by atoms with Crippen LogP contribution >= 0.6 is 0 Å². The highest BCUT2D eigenvalue weighted by atomic mass is 16.2. The normalized spacial score (nSPS) is 16.3. The van der Waals surface area contributed by atoms with E-state index in [1.807, 2.05) is 39.0 Å². The molecule has 0 spiro atoms. The number of rotatable bonds is 4. The van der Waals surface area contributed by atoms with Crippen molar-refractivity contribution in [3.05, 3.63) is 18.2 Å². The SMILES string of the molecule is CC(C)(C)C(=O)Nc1ccc(NCC2CCCCC2)c(N)c1. The van der Waals surface area contributed by atoms with Crippen molar-refractivity contribution in [2.45, 2.75) is 52.9 Å². The highest BCUT2D eigenvalue weighted by molar-refractivity contribution is 5.95. The second kappa shape index (κ2) is 7.03. The summed E-state index contributed by atoms with van der Waals surface area (Å²) in [5.41, 5.74) is 8.09. The molecule has 122 valence electrons. The number of benzene rings is 1. The molecule has 0 aliphatic heterocycles. The van der Waals surface area contributed by atoms with Gasteiger partial charge in [0.15, 0.2) is 0 Å². The molecule has 1 aliphatic carbocycles. The van der Waals surface area contributed by atoms with Crippen LogP contribution in [0.3, 0.4) is 0 Å². The zero-order valence-electron chi connectivity index (χ0n) is 14.0. The zero-order valence-corrected chi connectivity index (χ0v) is 14.0.